The lowest BCUT2D eigenvalue weighted by Crippen LogP contribution is -2.08. The molecule has 6 heteroatoms. The van der Waals surface area contributed by atoms with Crippen LogP contribution in [0.5, 0.6) is 0 Å². The summed E-state index contributed by atoms with van der Waals surface area (Å²) in [7, 11) is 0. The SMILES string of the molecule is CCn1cc(C(=O)O)c2cccc(C(F)(F)F)c21. The monoisotopic (exact) mass is 257 g/mol. The second kappa shape index (κ2) is 4.04. The highest BCUT2D eigenvalue weighted by Crippen LogP contribution is 2.36. The highest BCUT2D eigenvalue weighted by atomic mass is 19.4. The number of aromatic nitrogens is 1. The van der Waals surface area contributed by atoms with Crippen LogP contribution in [0, 0.1) is 0 Å². The summed E-state index contributed by atoms with van der Waals surface area (Å²) in [5.74, 6) is -1.23. The van der Waals surface area contributed by atoms with E-state index in [9.17, 15) is 18.0 Å². The summed E-state index contributed by atoms with van der Waals surface area (Å²) in [6.45, 7) is 1.94. The molecule has 0 amide bonds. The molecule has 3 nitrogen and oxygen atoms in total. The van der Waals surface area contributed by atoms with Gasteiger partial charge in [0.05, 0.1) is 16.6 Å². The third kappa shape index (κ3) is 1.83. The number of carbonyl (C=O) groups is 1. The van der Waals surface area contributed by atoms with E-state index < -0.39 is 17.7 Å². The van der Waals surface area contributed by atoms with Gasteiger partial charge in [-0.1, -0.05) is 12.1 Å². The highest BCUT2D eigenvalue weighted by molar-refractivity contribution is 6.04. The number of aryl methyl sites for hydroxylation is 1. The number of aromatic carboxylic acids is 1. The Morgan fingerprint density at radius 3 is 2.56 bits per heavy atom. The lowest BCUT2D eigenvalue weighted by molar-refractivity contribution is -0.136. The molecule has 0 fully saturated rings. The Morgan fingerprint density at radius 2 is 2.06 bits per heavy atom. The quantitative estimate of drug-likeness (QED) is 0.896. The maximum atomic E-state index is 12.9. The second-order valence-corrected chi connectivity index (χ2v) is 3.83. The molecular weight excluding hydrogens is 247 g/mol. The van der Waals surface area contributed by atoms with Crippen molar-refractivity contribution < 1.29 is 23.1 Å². The van der Waals surface area contributed by atoms with E-state index >= 15 is 0 Å². The molecule has 18 heavy (non-hydrogen) atoms. The molecular formula is C12H10F3NO2. The topological polar surface area (TPSA) is 42.2 Å². The van der Waals surface area contributed by atoms with Crippen LogP contribution in [0.3, 0.4) is 0 Å². The van der Waals surface area contributed by atoms with E-state index in [0.29, 0.717) is 0 Å². The first kappa shape index (κ1) is 12.5. The van der Waals surface area contributed by atoms with Gasteiger partial charge in [0.1, 0.15) is 0 Å². The van der Waals surface area contributed by atoms with E-state index in [1.807, 2.05) is 0 Å². The minimum absolute atomic E-state index is 0.0788. The van der Waals surface area contributed by atoms with Crippen LogP contribution in [0.2, 0.25) is 0 Å². The molecule has 2 aromatic rings. The Morgan fingerprint density at radius 1 is 1.39 bits per heavy atom. The van der Waals surface area contributed by atoms with Crippen LogP contribution in [-0.4, -0.2) is 15.6 Å². The smallest absolute Gasteiger partial charge is 0.418 e. The van der Waals surface area contributed by atoms with E-state index in [4.69, 9.17) is 5.11 Å². The van der Waals surface area contributed by atoms with Crippen molar-refractivity contribution in [2.75, 3.05) is 0 Å². The predicted octanol–water partition coefficient (Wildman–Crippen LogP) is 3.38. The van der Waals surface area contributed by atoms with Gasteiger partial charge in [-0.15, -0.1) is 0 Å². The van der Waals surface area contributed by atoms with Crippen molar-refractivity contribution in [3.8, 4) is 0 Å². The third-order valence-electron chi connectivity index (χ3n) is 2.77. The van der Waals surface area contributed by atoms with Gasteiger partial charge in [-0.25, -0.2) is 4.79 Å². The van der Waals surface area contributed by atoms with Crippen LogP contribution >= 0.6 is 0 Å². The average molecular weight is 257 g/mol. The predicted molar refractivity (Wildman–Crippen MR) is 59.6 cm³/mol. The van der Waals surface area contributed by atoms with E-state index in [0.717, 1.165) is 6.07 Å². The summed E-state index contributed by atoms with van der Waals surface area (Å²) in [4.78, 5) is 11.0. The zero-order valence-corrected chi connectivity index (χ0v) is 9.45. The van der Waals surface area contributed by atoms with E-state index in [-0.39, 0.29) is 23.0 Å². The minimum Gasteiger partial charge on any atom is -0.478 e. The van der Waals surface area contributed by atoms with Crippen LogP contribution < -0.4 is 0 Å². The number of hydrogen-bond donors (Lipinski definition) is 1. The summed E-state index contributed by atoms with van der Waals surface area (Å²) in [5.41, 5.74) is -1.00. The van der Waals surface area contributed by atoms with Gasteiger partial charge >= 0.3 is 12.1 Å². The fourth-order valence-electron chi connectivity index (χ4n) is 2.01. The maximum Gasteiger partial charge on any atom is 0.418 e. The number of carboxylic acid groups (broad SMARTS) is 1. The van der Waals surface area contributed by atoms with Gasteiger partial charge < -0.3 is 9.67 Å². The molecule has 0 radical (unpaired) electrons. The fourth-order valence-corrected chi connectivity index (χ4v) is 2.01. The summed E-state index contributed by atoms with van der Waals surface area (Å²) >= 11 is 0. The lowest BCUT2D eigenvalue weighted by atomic mass is 10.1. The Labute approximate surface area is 100 Å². The number of alkyl halides is 3. The van der Waals surface area contributed by atoms with Crippen LogP contribution in [-0.2, 0) is 12.7 Å². The standard InChI is InChI=1S/C12H10F3NO2/c1-2-16-6-8(11(17)18)7-4-3-5-9(10(7)16)12(13,14)15/h3-6H,2H2,1H3,(H,17,18). The van der Waals surface area contributed by atoms with Crippen LogP contribution in [0.1, 0.15) is 22.8 Å². The van der Waals surface area contributed by atoms with Crippen LogP contribution in [0.15, 0.2) is 24.4 Å². The molecule has 2 rings (SSSR count). The molecule has 0 saturated heterocycles. The minimum atomic E-state index is -4.50. The molecule has 0 aliphatic rings. The maximum absolute atomic E-state index is 12.9. The van der Waals surface area contributed by atoms with Crippen molar-refractivity contribution in [3.05, 3.63) is 35.5 Å². The molecule has 0 aliphatic carbocycles. The van der Waals surface area contributed by atoms with Gasteiger partial charge in [0, 0.05) is 18.1 Å². The Kier molecular flexibility index (Phi) is 2.80. The van der Waals surface area contributed by atoms with E-state index in [1.165, 1.54) is 22.9 Å². The average Bonchev–Trinajstić information content (AvgIpc) is 2.66. The Hall–Kier alpha value is -1.98. The summed E-state index contributed by atoms with van der Waals surface area (Å²) in [5, 5.41) is 9.10. The van der Waals surface area contributed by atoms with Crippen molar-refractivity contribution in [1.29, 1.82) is 0 Å². The van der Waals surface area contributed by atoms with Gasteiger partial charge in [0.2, 0.25) is 0 Å². The molecule has 1 aromatic carbocycles. The van der Waals surface area contributed by atoms with E-state index in [2.05, 4.69) is 0 Å². The zero-order valence-electron chi connectivity index (χ0n) is 9.45. The lowest BCUT2D eigenvalue weighted by Gasteiger charge is -2.10. The van der Waals surface area contributed by atoms with Crippen molar-refractivity contribution in [1.82, 2.24) is 4.57 Å². The first-order chi connectivity index (χ1) is 8.36. The molecule has 0 bridgehead atoms. The fraction of sp³-hybridized carbons (Fsp3) is 0.250. The van der Waals surface area contributed by atoms with Crippen molar-refractivity contribution in [2.24, 2.45) is 0 Å². The van der Waals surface area contributed by atoms with Gasteiger partial charge in [0.25, 0.3) is 0 Å². The molecule has 96 valence electrons. The third-order valence-corrected chi connectivity index (χ3v) is 2.77. The number of nitrogens with zero attached hydrogens (tertiary/aromatic N) is 1. The number of benzene rings is 1. The first-order valence-electron chi connectivity index (χ1n) is 5.28. The molecule has 0 atom stereocenters. The number of rotatable bonds is 2. The van der Waals surface area contributed by atoms with Crippen LogP contribution in [0.4, 0.5) is 13.2 Å². The molecule has 0 aliphatic heterocycles. The number of halogens is 3. The van der Waals surface area contributed by atoms with Gasteiger partial charge in [0.15, 0.2) is 0 Å². The van der Waals surface area contributed by atoms with Crippen molar-refractivity contribution in [3.63, 3.8) is 0 Å². The summed E-state index contributed by atoms with van der Waals surface area (Å²) in [6, 6.07) is 3.57. The Bertz CT molecular complexity index is 614. The molecule has 0 saturated carbocycles. The number of hydrogen-bond acceptors (Lipinski definition) is 1. The molecule has 0 unspecified atom stereocenters. The van der Waals surface area contributed by atoms with Gasteiger partial charge in [-0.2, -0.15) is 13.2 Å². The van der Waals surface area contributed by atoms with Crippen molar-refractivity contribution >= 4 is 16.9 Å². The normalized spacial score (nSPS) is 12.0. The highest BCUT2D eigenvalue weighted by Gasteiger charge is 2.34. The summed E-state index contributed by atoms with van der Waals surface area (Å²) < 4.78 is 40.0. The zero-order chi connectivity index (χ0) is 13.5. The Balaban J connectivity index is 2.88. The molecule has 1 aromatic heterocycles. The molecule has 0 spiro atoms. The first-order valence-corrected chi connectivity index (χ1v) is 5.28. The van der Waals surface area contributed by atoms with Gasteiger partial charge in [-0.05, 0) is 13.0 Å². The second-order valence-electron chi connectivity index (χ2n) is 3.83. The molecule has 1 heterocycles. The summed E-state index contributed by atoms with van der Waals surface area (Å²) in [6.07, 6.45) is -3.26. The van der Waals surface area contributed by atoms with E-state index in [1.54, 1.807) is 6.92 Å². The molecule has 1 N–H and O–H groups in total. The van der Waals surface area contributed by atoms with Crippen LogP contribution in [0.25, 0.3) is 10.9 Å². The number of para-hydroxylation sites is 1. The number of carboxylic acids is 1. The van der Waals surface area contributed by atoms with Crippen molar-refractivity contribution in [2.45, 2.75) is 19.6 Å². The number of fused-ring (bicyclic) bond motifs is 1. The van der Waals surface area contributed by atoms with Gasteiger partial charge in [-0.3, -0.25) is 0 Å². The largest absolute Gasteiger partial charge is 0.478 e.